The first-order valence-electron chi connectivity index (χ1n) is 4.66. The highest BCUT2D eigenvalue weighted by Crippen LogP contribution is 2.22. The molecular weight excluding hydrogens is 176 g/mol. The highest BCUT2D eigenvalue weighted by Gasteiger charge is 2.18. The fourth-order valence-electron chi connectivity index (χ4n) is 1.45. The van der Waals surface area contributed by atoms with Crippen molar-refractivity contribution in [2.75, 3.05) is 7.11 Å². The topological polar surface area (TPSA) is 29.5 Å². The fourth-order valence-corrected chi connectivity index (χ4v) is 1.45. The van der Waals surface area contributed by atoms with E-state index in [1.165, 1.54) is 0 Å². The molecule has 0 fully saturated rings. The van der Waals surface area contributed by atoms with Crippen LogP contribution in [0.5, 0.6) is 0 Å². The summed E-state index contributed by atoms with van der Waals surface area (Å²) in [4.78, 5) is 0. The number of hydrogen-bond donors (Lipinski definition) is 1. The van der Waals surface area contributed by atoms with Gasteiger partial charge in [0.2, 0.25) is 0 Å². The highest BCUT2D eigenvalue weighted by molar-refractivity contribution is 5.18. The molecule has 0 amide bonds. The van der Waals surface area contributed by atoms with Crippen LogP contribution < -0.4 is 0 Å². The Bertz CT molecular complexity index is 269. The minimum atomic E-state index is -0.528. The number of benzene rings is 1. The summed E-state index contributed by atoms with van der Waals surface area (Å²) in [5.41, 5.74) is 0.990. The Morgan fingerprint density at radius 3 is 2.57 bits per heavy atom. The Balaban J connectivity index is 2.76. The lowest BCUT2D eigenvalue weighted by atomic mass is 10.0. The maximum atomic E-state index is 9.77. The van der Waals surface area contributed by atoms with Gasteiger partial charge in [-0.05, 0) is 12.0 Å². The van der Waals surface area contributed by atoms with Crippen molar-refractivity contribution in [2.24, 2.45) is 0 Å². The zero-order valence-electron chi connectivity index (χ0n) is 8.39. The summed E-state index contributed by atoms with van der Waals surface area (Å²) in [7, 11) is 1.60. The first-order chi connectivity index (χ1) is 6.79. The van der Waals surface area contributed by atoms with Gasteiger partial charge >= 0.3 is 0 Å². The van der Waals surface area contributed by atoms with Gasteiger partial charge in [0.1, 0.15) is 6.10 Å². The monoisotopic (exact) mass is 192 g/mol. The predicted molar refractivity (Wildman–Crippen MR) is 57.0 cm³/mol. The smallest absolute Gasteiger partial charge is 0.108 e. The van der Waals surface area contributed by atoms with Crippen LogP contribution in [0.3, 0.4) is 0 Å². The minimum Gasteiger partial charge on any atom is -0.390 e. The molecule has 0 aliphatic rings. The van der Waals surface area contributed by atoms with E-state index in [9.17, 15) is 5.11 Å². The molecule has 0 aliphatic carbocycles. The van der Waals surface area contributed by atoms with Crippen LogP contribution in [0.15, 0.2) is 43.0 Å². The molecule has 1 aromatic carbocycles. The zero-order valence-corrected chi connectivity index (χ0v) is 8.39. The van der Waals surface area contributed by atoms with Gasteiger partial charge in [0, 0.05) is 7.11 Å². The van der Waals surface area contributed by atoms with Crippen LogP contribution >= 0.6 is 0 Å². The molecule has 76 valence electrons. The molecule has 2 nitrogen and oxygen atoms in total. The van der Waals surface area contributed by atoms with Gasteiger partial charge in [-0.3, -0.25) is 0 Å². The van der Waals surface area contributed by atoms with Crippen molar-refractivity contribution in [1.82, 2.24) is 0 Å². The van der Waals surface area contributed by atoms with Crippen LogP contribution in [-0.2, 0) is 4.74 Å². The average molecular weight is 192 g/mol. The van der Waals surface area contributed by atoms with E-state index < -0.39 is 6.10 Å². The summed E-state index contributed by atoms with van der Waals surface area (Å²) >= 11 is 0. The van der Waals surface area contributed by atoms with E-state index in [1.54, 1.807) is 13.2 Å². The van der Waals surface area contributed by atoms with Gasteiger partial charge < -0.3 is 9.84 Å². The van der Waals surface area contributed by atoms with Crippen LogP contribution in [0.2, 0.25) is 0 Å². The summed E-state index contributed by atoms with van der Waals surface area (Å²) in [6.07, 6.45) is 1.43. The lowest BCUT2D eigenvalue weighted by molar-refractivity contribution is -0.0115. The van der Waals surface area contributed by atoms with Crippen LogP contribution in [0.25, 0.3) is 0 Å². The van der Waals surface area contributed by atoms with Crippen molar-refractivity contribution in [1.29, 1.82) is 0 Å². The fraction of sp³-hybridized carbons (Fsp3) is 0.333. The summed E-state index contributed by atoms with van der Waals surface area (Å²) in [6, 6.07) is 9.70. The van der Waals surface area contributed by atoms with Crippen molar-refractivity contribution in [3.8, 4) is 0 Å². The summed E-state index contributed by atoms with van der Waals surface area (Å²) in [6.45, 7) is 3.60. The molecule has 0 radical (unpaired) electrons. The Morgan fingerprint density at radius 2 is 2.07 bits per heavy atom. The molecule has 0 saturated heterocycles. The molecule has 0 spiro atoms. The van der Waals surface area contributed by atoms with Crippen molar-refractivity contribution in [2.45, 2.75) is 18.6 Å². The van der Waals surface area contributed by atoms with Gasteiger partial charge in [0.05, 0.1) is 6.10 Å². The molecule has 0 bridgehead atoms. The quantitative estimate of drug-likeness (QED) is 0.725. The second kappa shape index (κ2) is 5.58. The second-order valence-electron chi connectivity index (χ2n) is 3.16. The van der Waals surface area contributed by atoms with Gasteiger partial charge in [-0.15, -0.1) is 6.58 Å². The van der Waals surface area contributed by atoms with E-state index >= 15 is 0 Å². The van der Waals surface area contributed by atoms with E-state index in [-0.39, 0.29) is 6.10 Å². The maximum absolute atomic E-state index is 9.77. The van der Waals surface area contributed by atoms with Gasteiger partial charge in [-0.2, -0.15) is 0 Å². The molecule has 1 aromatic rings. The zero-order chi connectivity index (χ0) is 10.4. The predicted octanol–water partition coefficient (Wildman–Crippen LogP) is 2.31. The lowest BCUT2D eigenvalue weighted by Gasteiger charge is -2.20. The Labute approximate surface area is 84.8 Å². The molecule has 2 heteroatoms. The third-order valence-electron chi connectivity index (χ3n) is 2.14. The number of aliphatic hydroxyl groups excluding tert-OH is 1. The molecule has 0 aliphatic heterocycles. The normalized spacial score (nSPS) is 14.7. The van der Waals surface area contributed by atoms with Gasteiger partial charge in [-0.25, -0.2) is 0 Å². The summed E-state index contributed by atoms with van der Waals surface area (Å²) < 4.78 is 5.25. The van der Waals surface area contributed by atoms with Crippen LogP contribution in [-0.4, -0.2) is 18.3 Å². The van der Waals surface area contributed by atoms with Crippen molar-refractivity contribution < 1.29 is 9.84 Å². The Hall–Kier alpha value is -1.12. The summed E-state index contributed by atoms with van der Waals surface area (Å²) in [5, 5.41) is 9.77. The van der Waals surface area contributed by atoms with E-state index in [1.807, 2.05) is 30.3 Å². The first kappa shape index (κ1) is 11.0. The maximum Gasteiger partial charge on any atom is 0.108 e. The third-order valence-corrected chi connectivity index (χ3v) is 2.14. The molecule has 1 N–H and O–H groups in total. The van der Waals surface area contributed by atoms with Crippen molar-refractivity contribution in [3.05, 3.63) is 48.6 Å². The third kappa shape index (κ3) is 2.69. The number of hydrogen-bond acceptors (Lipinski definition) is 2. The van der Waals surface area contributed by atoms with E-state index in [4.69, 9.17) is 4.74 Å². The largest absolute Gasteiger partial charge is 0.390 e. The Morgan fingerprint density at radius 1 is 1.43 bits per heavy atom. The standard InChI is InChI=1S/C12H16O2/c1-3-7-11(13)12(14-2)10-8-5-4-6-9-10/h3-6,8-9,11-13H,1,7H2,2H3. The number of methoxy groups -OCH3 is 1. The highest BCUT2D eigenvalue weighted by atomic mass is 16.5. The molecule has 1 rings (SSSR count). The number of ether oxygens (including phenoxy) is 1. The van der Waals surface area contributed by atoms with Gasteiger partial charge in [-0.1, -0.05) is 36.4 Å². The minimum absolute atomic E-state index is 0.269. The van der Waals surface area contributed by atoms with E-state index in [0.29, 0.717) is 6.42 Å². The second-order valence-corrected chi connectivity index (χ2v) is 3.16. The Kier molecular flexibility index (Phi) is 4.36. The SMILES string of the molecule is C=CCC(O)C(OC)c1ccccc1. The van der Waals surface area contributed by atoms with Crippen LogP contribution in [0.1, 0.15) is 18.1 Å². The molecule has 0 saturated carbocycles. The molecule has 0 aromatic heterocycles. The van der Waals surface area contributed by atoms with Crippen molar-refractivity contribution >= 4 is 0 Å². The molecule has 2 atom stereocenters. The number of rotatable bonds is 5. The van der Waals surface area contributed by atoms with Crippen LogP contribution in [0.4, 0.5) is 0 Å². The lowest BCUT2D eigenvalue weighted by Crippen LogP contribution is -2.19. The van der Waals surface area contributed by atoms with Crippen molar-refractivity contribution in [3.63, 3.8) is 0 Å². The molecular formula is C12H16O2. The van der Waals surface area contributed by atoms with E-state index in [0.717, 1.165) is 5.56 Å². The molecule has 14 heavy (non-hydrogen) atoms. The van der Waals surface area contributed by atoms with E-state index in [2.05, 4.69) is 6.58 Å². The number of aliphatic hydroxyl groups is 1. The first-order valence-corrected chi connectivity index (χ1v) is 4.66. The molecule has 0 heterocycles. The molecule has 2 unspecified atom stereocenters. The average Bonchev–Trinajstić information content (AvgIpc) is 2.21. The summed E-state index contributed by atoms with van der Waals surface area (Å²) in [5.74, 6) is 0. The van der Waals surface area contributed by atoms with Crippen LogP contribution in [0, 0.1) is 0 Å². The van der Waals surface area contributed by atoms with Gasteiger partial charge in [0.15, 0.2) is 0 Å². The van der Waals surface area contributed by atoms with Gasteiger partial charge in [0.25, 0.3) is 0 Å².